The van der Waals surface area contributed by atoms with Crippen LogP contribution in [-0.2, 0) is 33.3 Å². The van der Waals surface area contributed by atoms with Gasteiger partial charge in [0.2, 0.25) is 0 Å². The maximum atomic E-state index is 12.0. The molecule has 8 heteroatoms. The summed E-state index contributed by atoms with van der Waals surface area (Å²) < 4.78 is 19.4. The molecule has 0 saturated heterocycles. The Bertz CT molecular complexity index is 556. The Hall–Kier alpha value is -2.22. The second-order valence-electron chi connectivity index (χ2n) is 5.42. The SMILES string of the molecule is COC(=O)C1=C(C(=O)OC)C(C=NC(C)(C)C)(OC)OC1=O. The normalized spacial score (nSPS) is 22.0. The lowest BCUT2D eigenvalue weighted by Crippen LogP contribution is -2.40. The van der Waals surface area contributed by atoms with Gasteiger partial charge in [0, 0.05) is 7.11 Å². The lowest BCUT2D eigenvalue weighted by Gasteiger charge is -2.25. The smallest absolute Gasteiger partial charge is 0.349 e. The van der Waals surface area contributed by atoms with Crippen LogP contribution in [0, 0.1) is 0 Å². The van der Waals surface area contributed by atoms with E-state index in [1.807, 2.05) is 0 Å². The van der Waals surface area contributed by atoms with Crippen molar-refractivity contribution in [1.82, 2.24) is 0 Å². The molecule has 1 rings (SSSR count). The lowest BCUT2D eigenvalue weighted by atomic mass is 10.0. The van der Waals surface area contributed by atoms with Crippen molar-refractivity contribution in [1.29, 1.82) is 0 Å². The van der Waals surface area contributed by atoms with Crippen LogP contribution in [0.5, 0.6) is 0 Å². The Morgan fingerprint density at radius 3 is 2.09 bits per heavy atom. The monoisotopic (exact) mass is 313 g/mol. The fourth-order valence-electron chi connectivity index (χ4n) is 1.72. The molecule has 0 fully saturated rings. The zero-order valence-corrected chi connectivity index (χ0v) is 13.4. The Morgan fingerprint density at radius 2 is 1.68 bits per heavy atom. The number of aliphatic imine (C=N–C) groups is 1. The number of carbonyl (C=O) groups is 3. The van der Waals surface area contributed by atoms with Gasteiger partial charge in [-0.25, -0.2) is 14.4 Å². The minimum absolute atomic E-state index is 0.401. The third-order valence-corrected chi connectivity index (χ3v) is 2.75. The minimum Gasteiger partial charge on any atom is -0.465 e. The fourth-order valence-corrected chi connectivity index (χ4v) is 1.72. The Kier molecular flexibility index (Phi) is 5.08. The Labute approximate surface area is 128 Å². The van der Waals surface area contributed by atoms with Gasteiger partial charge in [0.05, 0.1) is 26.0 Å². The highest BCUT2D eigenvalue weighted by Gasteiger charge is 2.54. The van der Waals surface area contributed by atoms with Gasteiger partial charge in [0.25, 0.3) is 5.79 Å². The number of esters is 3. The first kappa shape index (κ1) is 17.8. The van der Waals surface area contributed by atoms with E-state index < -0.39 is 40.4 Å². The van der Waals surface area contributed by atoms with Crippen LogP contribution in [0.25, 0.3) is 0 Å². The van der Waals surface area contributed by atoms with Crippen molar-refractivity contribution in [2.24, 2.45) is 4.99 Å². The van der Waals surface area contributed by atoms with Gasteiger partial charge >= 0.3 is 17.9 Å². The second-order valence-corrected chi connectivity index (χ2v) is 5.42. The van der Waals surface area contributed by atoms with Gasteiger partial charge in [-0.3, -0.25) is 4.99 Å². The van der Waals surface area contributed by atoms with Crippen LogP contribution in [0.1, 0.15) is 20.8 Å². The molecule has 1 aliphatic rings. The van der Waals surface area contributed by atoms with Crippen LogP contribution in [0.2, 0.25) is 0 Å². The first-order valence-electron chi connectivity index (χ1n) is 6.38. The summed E-state index contributed by atoms with van der Waals surface area (Å²) in [5, 5.41) is 0. The first-order chi connectivity index (χ1) is 10.1. The maximum Gasteiger partial charge on any atom is 0.349 e. The number of cyclic esters (lactones) is 1. The van der Waals surface area contributed by atoms with E-state index >= 15 is 0 Å². The van der Waals surface area contributed by atoms with E-state index in [0.29, 0.717) is 0 Å². The number of rotatable bonds is 4. The maximum absolute atomic E-state index is 12.0. The van der Waals surface area contributed by atoms with Crippen molar-refractivity contribution in [3.63, 3.8) is 0 Å². The molecular formula is C14H19NO7. The van der Waals surface area contributed by atoms with Crippen molar-refractivity contribution in [2.45, 2.75) is 32.1 Å². The molecule has 0 saturated carbocycles. The van der Waals surface area contributed by atoms with Crippen LogP contribution < -0.4 is 0 Å². The molecule has 1 aliphatic heterocycles. The topological polar surface area (TPSA) is 100 Å². The number of hydrogen-bond acceptors (Lipinski definition) is 8. The van der Waals surface area contributed by atoms with E-state index in [2.05, 4.69) is 14.5 Å². The predicted molar refractivity (Wildman–Crippen MR) is 75.1 cm³/mol. The molecule has 22 heavy (non-hydrogen) atoms. The van der Waals surface area contributed by atoms with E-state index in [0.717, 1.165) is 20.4 Å². The summed E-state index contributed by atoms with van der Waals surface area (Å²) in [5.41, 5.74) is -1.49. The number of methoxy groups -OCH3 is 3. The van der Waals surface area contributed by atoms with E-state index in [-0.39, 0.29) is 0 Å². The molecule has 0 spiro atoms. The summed E-state index contributed by atoms with van der Waals surface area (Å²) in [5.74, 6) is -4.95. The molecule has 0 amide bonds. The predicted octanol–water partition coefficient (Wildman–Crippen LogP) is 0.398. The number of nitrogens with zero attached hydrogens (tertiary/aromatic N) is 1. The third kappa shape index (κ3) is 3.33. The van der Waals surface area contributed by atoms with Crippen LogP contribution in [0.15, 0.2) is 16.1 Å². The van der Waals surface area contributed by atoms with Crippen LogP contribution in [0.4, 0.5) is 0 Å². The summed E-state index contributed by atoms with van der Waals surface area (Å²) in [6.07, 6.45) is 1.16. The van der Waals surface area contributed by atoms with Gasteiger partial charge in [-0.15, -0.1) is 0 Å². The molecule has 0 N–H and O–H groups in total. The van der Waals surface area contributed by atoms with Gasteiger partial charge in [-0.1, -0.05) is 0 Å². The number of carbonyl (C=O) groups excluding carboxylic acids is 3. The van der Waals surface area contributed by atoms with E-state index in [9.17, 15) is 14.4 Å². The average Bonchev–Trinajstić information content (AvgIpc) is 2.76. The zero-order chi connectivity index (χ0) is 17.1. The quantitative estimate of drug-likeness (QED) is 0.320. The summed E-state index contributed by atoms with van der Waals surface area (Å²) in [6.45, 7) is 5.39. The van der Waals surface area contributed by atoms with Crippen molar-refractivity contribution in [2.75, 3.05) is 21.3 Å². The highest BCUT2D eigenvalue weighted by molar-refractivity contribution is 6.23. The molecule has 1 heterocycles. The summed E-state index contributed by atoms with van der Waals surface area (Å²) in [4.78, 5) is 40.0. The van der Waals surface area contributed by atoms with Crippen molar-refractivity contribution >= 4 is 24.1 Å². The molecule has 1 unspecified atom stereocenters. The van der Waals surface area contributed by atoms with Crippen molar-refractivity contribution < 1.29 is 33.3 Å². The van der Waals surface area contributed by atoms with Crippen LogP contribution in [-0.4, -0.2) is 56.8 Å². The number of hydrogen-bond donors (Lipinski definition) is 0. The molecule has 8 nitrogen and oxygen atoms in total. The average molecular weight is 313 g/mol. The van der Waals surface area contributed by atoms with Crippen molar-refractivity contribution in [3.8, 4) is 0 Å². The van der Waals surface area contributed by atoms with Crippen LogP contribution in [0.3, 0.4) is 0 Å². The highest BCUT2D eigenvalue weighted by Crippen LogP contribution is 2.34. The van der Waals surface area contributed by atoms with Gasteiger partial charge in [0.1, 0.15) is 5.57 Å². The minimum atomic E-state index is -1.93. The Balaban J connectivity index is 3.54. The first-order valence-corrected chi connectivity index (χ1v) is 6.38. The lowest BCUT2D eigenvalue weighted by molar-refractivity contribution is -0.171. The molecule has 0 aliphatic carbocycles. The largest absolute Gasteiger partial charge is 0.465 e. The van der Waals surface area contributed by atoms with Gasteiger partial charge in [0.15, 0.2) is 5.57 Å². The molecule has 0 radical (unpaired) electrons. The molecule has 0 aromatic carbocycles. The highest BCUT2D eigenvalue weighted by atomic mass is 16.7. The standard InChI is InChI=1S/C14H19NO7/c1-13(2,3)15-7-14(21-6)9(12(18)20-5)8(10(16)19-4)11(17)22-14/h7H,1-6H3. The zero-order valence-electron chi connectivity index (χ0n) is 13.4. The Morgan fingerprint density at radius 1 is 1.14 bits per heavy atom. The number of ether oxygens (including phenoxy) is 4. The fraction of sp³-hybridized carbons (Fsp3) is 0.571. The second kappa shape index (κ2) is 6.27. The van der Waals surface area contributed by atoms with Gasteiger partial charge in [-0.05, 0) is 20.8 Å². The van der Waals surface area contributed by atoms with E-state index in [4.69, 9.17) is 9.47 Å². The molecule has 0 bridgehead atoms. The molecule has 0 aromatic heterocycles. The summed E-state index contributed by atoms with van der Waals surface area (Å²) in [6, 6.07) is 0. The van der Waals surface area contributed by atoms with Crippen LogP contribution >= 0.6 is 0 Å². The molecule has 0 aromatic rings. The molecular weight excluding hydrogens is 294 g/mol. The summed E-state index contributed by atoms with van der Waals surface area (Å²) >= 11 is 0. The molecule has 1 atom stereocenters. The third-order valence-electron chi connectivity index (χ3n) is 2.75. The van der Waals surface area contributed by atoms with Gasteiger partial charge in [-0.2, -0.15) is 0 Å². The molecule has 122 valence electrons. The van der Waals surface area contributed by atoms with Crippen molar-refractivity contribution in [3.05, 3.63) is 11.1 Å². The van der Waals surface area contributed by atoms with E-state index in [1.54, 1.807) is 20.8 Å². The summed E-state index contributed by atoms with van der Waals surface area (Å²) in [7, 11) is 3.40. The van der Waals surface area contributed by atoms with E-state index in [1.165, 1.54) is 7.11 Å². The van der Waals surface area contributed by atoms with Gasteiger partial charge < -0.3 is 18.9 Å².